The molecule has 0 bridgehead atoms. The molecule has 1 heterocycles. The lowest BCUT2D eigenvalue weighted by Gasteiger charge is -2.30. The molecule has 5 nitrogen and oxygen atoms in total. The van der Waals surface area contributed by atoms with E-state index >= 15 is 0 Å². The fourth-order valence-electron chi connectivity index (χ4n) is 3.06. The smallest absolute Gasteiger partial charge is 0.191 e. The molecule has 124 valence electrons. The van der Waals surface area contributed by atoms with E-state index < -0.39 is 0 Å². The van der Waals surface area contributed by atoms with E-state index in [0.29, 0.717) is 12.6 Å². The van der Waals surface area contributed by atoms with Gasteiger partial charge in [0.25, 0.3) is 0 Å². The lowest BCUT2D eigenvalue weighted by Crippen LogP contribution is -2.45. The fourth-order valence-corrected chi connectivity index (χ4v) is 3.06. The Morgan fingerprint density at radius 2 is 2.23 bits per heavy atom. The molecule has 0 aromatic carbocycles. The number of aryl methyl sites for hydroxylation is 1. The highest BCUT2D eigenvalue weighted by Crippen LogP contribution is 2.26. The molecule has 1 saturated carbocycles. The molecular formula is C17H30N4O. The zero-order chi connectivity index (χ0) is 15.8. The number of aromatic nitrogens is 1. The van der Waals surface area contributed by atoms with Crippen molar-refractivity contribution in [3.63, 3.8) is 0 Å². The van der Waals surface area contributed by atoms with Crippen molar-refractivity contribution in [2.45, 2.75) is 71.9 Å². The highest BCUT2D eigenvalue weighted by molar-refractivity contribution is 5.80. The van der Waals surface area contributed by atoms with E-state index in [4.69, 9.17) is 4.52 Å². The first-order valence-corrected chi connectivity index (χ1v) is 8.74. The van der Waals surface area contributed by atoms with Crippen LogP contribution in [0, 0.1) is 5.92 Å². The van der Waals surface area contributed by atoms with Crippen LogP contribution < -0.4 is 10.6 Å². The van der Waals surface area contributed by atoms with Crippen molar-refractivity contribution in [2.24, 2.45) is 10.9 Å². The second-order valence-electron chi connectivity index (χ2n) is 6.12. The number of hydrogen-bond acceptors (Lipinski definition) is 3. The van der Waals surface area contributed by atoms with Gasteiger partial charge in [-0.3, -0.25) is 0 Å². The average Bonchev–Trinajstić information content (AvgIpc) is 3.01. The van der Waals surface area contributed by atoms with Crippen LogP contribution in [0.15, 0.2) is 15.6 Å². The van der Waals surface area contributed by atoms with Crippen molar-refractivity contribution in [3.8, 4) is 0 Å². The second kappa shape index (κ2) is 8.81. The predicted molar refractivity (Wildman–Crippen MR) is 89.9 cm³/mol. The molecule has 0 spiro atoms. The van der Waals surface area contributed by atoms with E-state index in [2.05, 4.69) is 41.6 Å². The van der Waals surface area contributed by atoms with Crippen LogP contribution >= 0.6 is 0 Å². The van der Waals surface area contributed by atoms with Crippen molar-refractivity contribution in [2.75, 3.05) is 6.54 Å². The molecule has 22 heavy (non-hydrogen) atoms. The van der Waals surface area contributed by atoms with Crippen molar-refractivity contribution in [1.82, 2.24) is 15.8 Å². The van der Waals surface area contributed by atoms with Gasteiger partial charge in [-0.1, -0.05) is 38.3 Å². The molecule has 1 fully saturated rings. The van der Waals surface area contributed by atoms with Gasteiger partial charge in [-0.05, 0) is 32.1 Å². The zero-order valence-electron chi connectivity index (χ0n) is 14.2. The van der Waals surface area contributed by atoms with Crippen molar-refractivity contribution < 1.29 is 4.52 Å². The molecule has 0 amide bonds. The summed E-state index contributed by atoms with van der Waals surface area (Å²) in [7, 11) is 0. The lowest BCUT2D eigenvalue weighted by atomic mass is 9.84. The van der Waals surface area contributed by atoms with Gasteiger partial charge in [0.15, 0.2) is 11.7 Å². The molecule has 5 heteroatoms. The number of guanidine groups is 1. The monoisotopic (exact) mass is 306 g/mol. The lowest BCUT2D eigenvalue weighted by molar-refractivity contribution is 0.298. The summed E-state index contributed by atoms with van der Waals surface area (Å²) >= 11 is 0. The van der Waals surface area contributed by atoms with E-state index in [1.165, 1.54) is 32.1 Å². The number of nitrogens with zero attached hydrogens (tertiary/aromatic N) is 2. The van der Waals surface area contributed by atoms with Gasteiger partial charge < -0.3 is 15.2 Å². The SMILES string of the molecule is CCNC(=NCc1cc(CC)no1)NC1CCCC(CC)C1. The van der Waals surface area contributed by atoms with Gasteiger partial charge in [0, 0.05) is 18.7 Å². The van der Waals surface area contributed by atoms with Crippen molar-refractivity contribution >= 4 is 5.96 Å². The van der Waals surface area contributed by atoms with E-state index in [1.54, 1.807) is 0 Å². The molecule has 1 aromatic rings. The maximum Gasteiger partial charge on any atom is 0.191 e. The highest BCUT2D eigenvalue weighted by Gasteiger charge is 2.21. The molecule has 0 saturated heterocycles. The van der Waals surface area contributed by atoms with Crippen LogP contribution in [0.2, 0.25) is 0 Å². The van der Waals surface area contributed by atoms with Crippen LogP contribution in [-0.4, -0.2) is 23.7 Å². The third-order valence-corrected chi connectivity index (χ3v) is 4.41. The van der Waals surface area contributed by atoms with Crippen LogP contribution in [0.5, 0.6) is 0 Å². The fraction of sp³-hybridized carbons (Fsp3) is 0.765. The van der Waals surface area contributed by atoms with Crippen LogP contribution in [0.1, 0.15) is 64.3 Å². The molecule has 2 rings (SSSR count). The van der Waals surface area contributed by atoms with Crippen LogP contribution in [-0.2, 0) is 13.0 Å². The Kier molecular flexibility index (Phi) is 6.74. The van der Waals surface area contributed by atoms with Gasteiger partial charge >= 0.3 is 0 Å². The second-order valence-corrected chi connectivity index (χ2v) is 6.12. The molecule has 2 N–H and O–H groups in total. The molecular weight excluding hydrogens is 276 g/mol. The zero-order valence-corrected chi connectivity index (χ0v) is 14.2. The number of aliphatic imine (C=N–C) groups is 1. The number of hydrogen-bond donors (Lipinski definition) is 2. The maximum absolute atomic E-state index is 5.30. The van der Waals surface area contributed by atoms with Gasteiger partial charge in [-0.15, -0.1) is 0 Å². The molecule has 1 aliphatic carbocycles. The number of nitrogens with one attached hydrogen (secondary N) is 2. The normalized spacial score (nSPS) is 22.6. The average molecular weight is 306 g/mol. The maximum atomic E-state index is 5.30. The largest absolute Gasteiger partial charge is 0.359 e. The van der Waals surface area contributed by atoms with E-state index in [1.807, 2.05) is 6.07 Å². The van der Waals surface area contributed by atoms with Gasteiger partial charge in [-0.2, -0.15) is 0 Å². The van der Waals surface area contributed by atoms with Crippen molar-refractivity contribution in [1.29, 1.82) is 0 Å². The summed E-state index contributed by atoms with van der Waals surface area (Å²) in [5.74, 6) is 2.57. The molecule has 1 aliphatic rings. The predicted octanol–water partition coefficient (Wildman–Crippen LogP) is 3.26. The Labute approximate surface area is 133 Å². The molecule has 2 unspecified atom stereocenters. The van der Waals surface area contributed by atoms with E-state index in [0.717, 1.165) is 36.3 Å². The molecule has 0 radical (unpaired) electrons. The quantitative estimate of drug-likeness (QED) is 0.625. The summed E-state index contributed by atoms with van der Waals surface area (Å²) in [6.45, 7) is 7.86. The van der Waals surface area contributed by atoms with Crippen molar-refractivity contribution in [3.05, 3.63) is 17.5 Å². The van der Waals surface area contributed by atoms with Gasteiger partial charge in [-0.25, -0.2) is 4.99 Å². The minimum atomic E-state index is 0.534. The summed E-state index contributed by atoms with van der Waals surface area (Å²) in [6.07, 6.45) is 7.36. The first-order valence-electron chi connectivity index (χ1n) is 8.74. The molecule has 0 aliphatic heterocycles. The third kappa shape index (κ3) is 5.04. The van der Waals surface area contributed by atoms with E-state index in [-0.39, 0.29) is 0 Å². The third-order valence-electron chi connectivity index (χ3n) is 4.41. The molecule has 1 aromatic heterocycles. The summed E-state index contributed by atoms with van der Waals surface area (Å²) in [4.78, 5) is 4.64. The Morgan fingerprint density at radius 1 is 1.36 bits per heavy atom. The Balaban J connectivity index is 1.91. The summed E-state index contributed by atoms with van der Waals surface area (Å²) < 4.78 is 5.30. The van der Waals surface area contributed by atoms with Gasteiger partial charge in [0.2, 0.25) is 0 Å². The van der Waals surface area contributed by atoms with Gasteiger partial charge in [0.05, 0.1) is 5.69 Å². The summed E-state index contributed by atoms with van der Waals surface area (Å²) in [6, 6.07) is 2.53. The summed E-state index contributed by atoms with van der Waals surface area (Å²) in [5.41, 5.74) is 0.987. The van der Waals surface area contributed by atoms with Crippen LogP contribution in [0.4, 0.5) is 0 Å². The minimum absolute atomic E-state index is 0.534. The topological polar surface area (TPSA) is 62.5 Å². The highest BCUT2D eigenvalue weighted by atomic mass is 16.5. The minimum Gasteiger partial charge on any atom is -0.359 e. The van der Waals surface area contributed by atoms with Gasteiger partial charge in [0.1, 0.15) is 6.54 Å². The van der Waals surface area contributed by atoms with Crippen LogP contribution in [0.3, 0.4) is 0 Å². The Bertz CT molecular complexity index is 469. The Morgan fingerprint density at radius 3 is 2.91 bits per heavy atom. The number of rotatable bonds is 6. The standard InChI is InChI=1S/C17H30N4O/c1-4-13-8-7-9-15(10-13)20-17(18-6-3)19-12-16-11-14(5-2)21-22-16/h11,13,15H,4-10,12H2,1-3H3,(H2,18,19,20). The molecule has 2 atom stereocenters. The van der Waals surface area contributed by atoms with Crippen LogP contribution in [0.25, 0.3) is 0 Å². The van der Waals surface area contributed by atoms with E-state index in [9.17, 15) is 0 Å². The Hall–Kier alpha value is -1.52. The summed E-state index contributed by atoms with van der Waals surface area (Å²) in [5, 5.41) is 10.9. The first kappa shape index (κ1) is 16.8. The first-order chi connectivity index (χ1) is 10.7.